The van der Waals surface area contributed by atoms with Crippen LogP contribution >= 0.6 is 0 Å². The van der Waals surface area contributed by atoms with Gasteiger partial charge in [-0.1, -0.05) is 0 Å². The summed E-state index contributed by atoms with van der Waals surface area (Å²) in [6.45, 7) is 1.97. The van der Waals surface area contributed by atoms with Crippen LogP contribution in [0.15, 0.2) is 12.1 Å². The molecule has 1 N–H and O–H groups in total. The molecular formula is C11H14O4. The molecule has 0 saturated carbocycles. The van der Waals surface area contributed by atoms with Gasteiger partial charge in [0.05, 0.1) is 13.2 Å². The topological polar surface area (TPSA) is 47.9 Å². The van der Waals surface area contributed by atoms with Gasteiger partial charge in [0.25, 0.3) is 0 Å². The number of aliphatic hydroxyl groups is 1. The molecule has 0 aliphatic carbocycles. The highest BCUT2D eigenvalue weighted by molar-refractivity contribution is 5.55. The minimum absolute atomic E-state index is 0.226. The lowest BCUT2D eigenvalue weighted by molar-refractivity contribution is 0.171. The van der Waals surface area contributed by atoms with Gasteiger partial charge in [0, 0.05) is 0 Å². The van der Waals surface area contributed by atoms with Crippen molar-refractivity contribution in [2.24, 2.45) is 0 Å². The highest BCUT2D eigenvalue weighted by Gasteiger charge is 2.20. The smallest absolute Gasteiger partial charge is 0.231 e. The lowest BCUT2D eigenvalue weighted by atomic mass is 10.1. The number of methoxy groups -OCH3 is 1. The first-order valence-electron chi connectivity index (χ1n) is 4.85. The second-order valence-electron chi connectivity index (χ2n) is 3.59. The third-order valence-corrected chi connectivity index (χ3v) is 2.25. The maximum absolute atomic E-state index is 9.31. The molecule has 0 radical (unpaired) electrons. The Labute approximate surface area is 88.4 Å². The fraction of sp³-hybridized carbons (Fsp3) is 0.455. The van der Waals surface area contributed by atoms with Crippen LogP contribution in [0.2, 0.25) is 0 Å². The van der Waals surface area contributed by atoms with Gasteiger partial charge in [-0.15, -0.1) is 0 Å². The first kappa shape index (κ1) is 10.1. The number of benzene rings is 1. The fourth-order valence-electron chi connectivity index (χ4n) is 1.64. The van der Waals surface area contributed by atoms with Crippen LogP contribution in [-0.4, -0.2) is 25.1 Å². The Morgan fingerprint density at radius 3 is 2.93 bits per heavy atom. The Morgan fingerprint density at radius 1 is 1.47 bits per heavy atom. The maximum Gasteiger partial charge on any atom is 0.231 e. The predicted octanol–water partition coefficient (Wildman–Crippen LogP) is 1.35. The molecule has 4 heteroatoms. The van der Waals surface area contributed by atoms with Crippen molar-refractivity contribution in [1.29, 1.82) is 0 Å². The van der Waals surface area contributed by atoms with Crippen LogP contribution in [0.25, 0.3) is 0 Å². The molecule has 1 heterocycles. The molecule has 82 valence electrons. The van der Waals surface area contributed by atoms with E-state index in [9.17, 15) is 5.11 Å². The van der Waals surface area contributed by atoms with Crippen LogP contribution < -0.4 is 14.2 Å². The largest absolute Gasteiger partial charge is 0.493 e. The number of fused-ring (bicyclic) bond motifs is 1. The van der Waals surface area contributed by atoms with E-state index in [4.69, 9.17) is 14.2 Å². The number of rotatable bonds is 3. The summed E-state index contributed by atoms with van der Waals surface area (Å²) in [4.78, 5) is 0. The van der Waals surface area contributed by atoms with Crippen LogP contribution in [0, 0.1) is 0 Å². The Balaban J connectivity index is 2.34. The molecule has 1 aliphatic heterocycles. The van der Waals surface area contributed by atoms with Crippen LogP contribution in [0.1, 0.15) is 12.5 Å². The number of hydrogen-bond donors (Lipinski definition) is 1. The van der Waals surface area contributed by atoms with Gasteiger partial charge in [-0.25, -0.2) is 0 Å². The summed E-state index contributed by atoms with van der Waals surface area (Å²) in [5.74, 6) is 1.98. The molecule has 1 aliphatic rings. The molecule has 0 spiro atoms. The number of ether oxygens (including phenoxy) is 3. The van der Waals surface area contributed by atoms with E-state index in [0.29, 0.717) is 23.7 Å². The molecule has 15 heavy (non-hydrogen) atoms. The quantitative estimate of drug-likeness (QED) is 0.818. The summed E-state index contributed by atoms with van der Waals surface area (Å²) in [5, 5.41) is 9.31. The SMILES string of the molecule is COc1cc(CC(C)O)cc2c1OCO2. The molecule has 1 unspecified atom stereocenters. The van der Waals surface area contributed by atoms with Crippen molar-refractivity contribution in [3.05, 3.63) is 17.7 Å². The van der Waals surface area contributed by atoms with E-state index in [2.05, 4.69) is 0 Å². The van der Waals surface area contributed by atoms with Crippen molar-refractivity contribution in [3.8, 4) is 17.2 Å². The van der Waals surface area contributed by atoms with E-state index in [0.717, 1.165) is 5.56 Å². The number of hydrogen-bond acceptors (Lipinski definition) is 4. The van der Waals surface area contributed by atoms with E-state index in [1.54, 1.807) is 14.0 Å². The molecule has 4 nitrogen and oxygen atoms in total. The van der Waals surface area contributed by atoms with Gasteiger partial charge in [0.1, 0.15) is 0 Å². The third kappa shape index (κ3) is 1.99. The van der Waals surface area contributed by atoms with Gasteiger partial charge in [0.15, 0.2) is 11.5 Å². The van der Waals surface area contributed by atoms with Crippen LogP contribution in [-0.2, 0) is 6.42 Å². The molecule has 1 aromatic rings. The molecule has 1 atom stereocenters. The Bertz CT molecular complexity index is 360. The average Bonchev–Trinajstić information content (AvgIpc) is 2.63. The molecule has 0 aromatic heterocycles. The van der Waals surface area contributed by atoms with Crippen molar-refractivity contribution >= 4 is 0 Å². The van der Waals surface area contributed by atoms with Crippen molar-refractivity contribution in [2.45, 2.75) is 19.4 Å². The fourth-order valence-corrected chi connectivity index (χ4v) is 1.64. The summed E-state index contributed by atoms with van der Waals surface area (Å²) >= 11 is 0. The van der Waals surface area contributed by atoms with Crippen molar-refractivity contribution in [2.75, 3.05) is 13.9 Å². The van der Waals surface area contributed by atoms with E-state index >= 15 is 0 Å². The number of aliphatic hydroxyl groups excluding tert-OH is 1. The van der Waals surface area contributed by atoms with E-state index in [1.165, 1.54) is 0 Å². The molecule has 0 fully saturated rings. The van der Waals surface area contributed by atoms with Crippen molar-refractivity contribution < 1.29 is 19.3 Å². The molecule has 0 amide bonds. The first-order chi connectivity index (χ1) is 7.20. The summed E-state index contributed by atoms with van der Waals surface area (Å²) in [7, 11) is 1.59. The predicted molar refractivity (Wildman–Crippen MR) is 54.5 cm³/mol. The molecule has 0 bridgehead atoms. The standard InChI is InChI=1S/C11H14O4/c1-7(12)3-8-4-9(13-2)11-10(5-8)14-6-15-11/h4-5,7,12H,3,6H2,1-2H3. The zero-order valence-corrected chi connectivity index (χ0v) is 8.82. The van der Waals surface area contributed by atoms with Crippen molar-refractivity contribution in [3.63, 3.8) is 0 Å². The van der Waals surface area contributed by atoms with Gasteiger partial charge in [0.2, 0.25) is 12.5 Å². The Hall–Kier alpha value is -1.42. The monoisotopic (exact) mass is 210 g/mol. The van der Waals surface area contributed by atoms with Crippen LogP contribution in [0.4, 0.5) is 0 Å². The minimum atomic E-state index is -0.380. The van der Waals surface area contributed by atoms with Gasteiger partial charge in [-0.3, -0.25) is 0 Å². The van der Waals surface area contributed by atoms with Crippen molar-refractivity contribution in [1.82, 2.24) is 0 Å². The Kier molecular flexibility index (Phi) is 2.68. The molecule has 1 aromatic carbocycles. The maximum atomic E-state index is 9.31. The normalized spacial score (nSPS) is 15.1. The summed E-state index contributed by atoms with van der Waals surface area (Å²) < 4.78 is 15.7. The summed E-state index contributed by atoms with van der Waals surface area (Å²) in [6.07, 6.45) is 0.197. The molecule has 2 rings (SSSR count). The second-order valence-corrected chi connectivity index (χ2v) is 3.59. The van der Waals surface area contributed by atoms with Gasteiger partial charge in [-0.2, -0.15) is 0 Å². The zero-order chi connectivity index (χ0) is 10.8. The first-order valence-corrected chi connectivity index (χ1v) is 4.85. The zero-order valence-electron chi connectivity index (χ0n) is 8.82. The van der Waals surface area contributed by atoms with Crippen LogP contribution in [0.5, 0.6) is 17.2 Å². The summed E-state index contributed by atoms with van der Waals surface area (Å²) in [5.41, 5.74) is 0.978. The van der Waals surface area contributed by atoms with E-state index in [-0.39, 0.29) is 12.9 Å². The summed E-state index contributed by atoms with van der Waals surface area (Å²) in [6, 6.07) is 3.73. The highest BCUT2D eigenvalue weighted by atomic mass is 16.7. The lowest BCUT2D eigenvalue weighted by Gasteiger charge is -2.09. The van der Waals surface area contributed by atoms with E-state index < -0.39 is 0 Å². The van der Waals surface area contributed by atoms with Crippen LogP contribution in [0.3, 0.4) is 0 Å². The van der Waals surface area contributed by atoms with Gasteiger partial charge >= 0.3 is 0 Å². The average molecular weight is 210 g/mol. The second kappa shape index (κ2) is 3.98. The lowest BCUT2D eigenvalue weighted by Crippen LogP contribution is -2.04. The third-order valence-electron chi connectivity index (χ3n) is 2.25. The Morgan fingerprint density at radius 2 is 2.27 bits per heavy atom. The molecule has 0 saturated heterocycles. The van der Waals surface area contributed by atoms with E-state index in [1.807, 2.05) is 12.1 Å². The van der Waals surface area contributed by atoms with Gasteiger partial charge < -0.3 is 19.3 Å². The minimum Gasteiger partial charge on any atom is -0.493 e. The highest BCUT2D eigenvalue weighted by Crippen LogP contribution is 2.41. The van der Waals surface area contributed by atoms with Gasteiger partial charge in [-0.05, 0) is 31.0 Å². The molecular weight excluding hydrogens is 196 g/mol.